The number of piperidine rings is 1. The van der Waals surface area contributed by atoms with Crippen molar-refractivity contribution in [3.63, 3.8) is 0 Å². The van der Waals surface area contributed by atoms with Crippen LogP contribution in [0, 0.1) is 12.7 Å². The summed E-state index contributed by atoms with van der Waals surface area (Å²) in [5.74, 6) is 0.545. The molecule has 0 saturated carbocycles. The Balaban J connectivity index is 1.29. The summed E-state index contributed by atoms with van der Waals surface area (Å²) >= 11 is 0. The predicted octanol–water partition coefficient (Wildman–Crippen LogP) is 5.60. The van der Waals surface area contributed by atoms with Crippen LogP contribution < -0.4 is 15.4 Å². The van der Waals surface area contributed by atoms with Crippen LogP contribution in [-0.4, -0.2) is 37.2 Å². The highest BCUT2D eigenvalue weighted by Gasteiger charge is 2.21. The molecule has 0 bridgehead atoms. The Morgan fingerprint density at radius 2 is 1.85 bits per heavy atom. The first kappa shape index (κ1) is 22.8. The zero-order valence-electron chi connectivity index (χ0n) is 19.1. The number of anilines is 1. The van der Waals surface area contributed by atoms with E-state index in [-0.39, 0.29) is 17.9 Å². The molecule has 2 N–H and O–H groups in total. The molecule has 2 amide bonds. The quantitative estimate of drug-likeness (QED) is 0.518. The van der Waals surface area contributed by atoms with Crippen LogP contribution in [0.4, 0.5) is 14.9 Å². The summed E-state index contributed by atoms with van der Waals surface area (Å²) in [6.45, 7) is 4.37. The van der Waals surface area contributed by atoms with Crippen LogP contribution >= 0.6 is 0 Å². The number of carbonyl (C=O) groups excluding carboxylic acids is 1. The van der Waals surface area contributed by atoms with Gasteiger partial charge in [-0.05, 0) is 60.7 Å². The molecule has 1 aliphatic rings. The molecule has 0 unspecified atom stereocenters. The molecule has 5 nitrogen and oxygen atoms in total. The SMILES string of the molecule is COc1ccccc1-c1cccc(CN2CCC(NC(=O)Nc3ccc(C)c(F)c3)CC2)c1. The second-order valence-electron chi connectivity index (χ2n) is 8.51. The van der Waals surface area contributed by atoms with Gasteiger partial charge in [0.25, 0.3) is 0 Å². The van der Waals surface area contributed by atoms with Crippen molar-refractivity contribution in [2.24, 2.45) is 0 Å². The Morgan fingerprint density at radius 3 is 2.61 bits per heavy atom. The van der Waals surface area contributed by atoms with Gasteiger partial charge in [-0.15, -0.1) is 0 Å². The molecule has 172 valence electrons. The predicted molar refractivity (Wildman–Crippen MR) is 130 cm³/mol. The summed E-state index contributed by atoms with van der Waals surface area (Å²) in [6, 6.07) is 21.1. The zero-order chi connectivity index (χ0) is 23.2. The highest BCUT2D eigenvalue weighted by molar-refractivity contribution is 5.89. The maximum atomic E-state index is 13.7. The lowest BCUT2D eigenvalue weighted by Gasteiger charge is -2.32. The van der Waals surface area contributed by atoms with Gasteiger partial charge < -0.3 is 15.4 Å². The van der Waals surface area contributed by atoms with Crippen molar-refractivity contribution < 1.29 is 13.9 Å². The van der Waals surface area contributed by atoms with E-state index in [4.69, 9.17) is 4.74 Å². The number of amides is 2. The molecule has 3 aromatic rings. The number of aryl methyl sites for hydroxylation is 1. The molecule has 0 spiro atoms. The van der Waals surface area contributed by atoms with Gasteiger partial charge in [0.1, 0.15) is 11.6 Å². The van der Waals surface area contributed by atoms with Crippen LogP contribution in [0.1, 0.15) is 24.0 Å². The van der Waals surface area contributed by atoms with E-state index in [1.807, 2.05) is 18.2 Å². The number of carbonyl (C=O) groups is 1. The van der Waals surface area contributed by atoms with Crippen LogP contribution in [0.25, 0.3) is 11.1 Å². The molecule has 6 heteroatoms. The standard InChI is InChI=1S/C27H30FN3O2/c1-19-10-11-23(17-25(19)28)30-27(32)29-22-12-14-31(15-13-22)18-20-6-5-7-21(16-20)24-8-3-4-9-26(24)33-2/h3-11,16-17,22H,12-15,18H2,1-2H3,(H2,29,30,32). The minimum Gasteiger partial charge on any atom is -0.496 e. The summed E-state index contributed by atoms with van der Waals surface area (Å²) in [4.78, 5) is 14.7. The van der Waals surface area contributed by atoms with E-state index in [2.05, 4.69) is 45.9 Å². The molecule has 3 aromatic carbocycles. The summed E-state index contributed by atoms with van der Waals surface area (Å²) < 4.78 is 19.2. The van der Waals surface area contributed by atoms with Crippen LogP contribution in [0.2, 0.25) is 0 Å². The third-order valence-electron chi connectivity index (χ3n) is 6.10. The highest BCUT2D eigenvalue weighted by Crippen LogP contribution is 2.30. The number of para-hydroxylation sites is 1. The van der Waals surface area contributed by atoms with Crippen LogP contribution in [0.5, 0.6) is 5.75 Å². The summed E-state index contributed by atoms with van der Waals surface area (Å²) in [5, 5.41) is 5.74. The topological polar surface area (TPSA) is 53.6 Å². The van der Waals surface area contributed by atoms with E-state index >= 15 is 0 Å². The first-order valence-corrected chi connectivity index (χ1v) is 11.3. The largest absolute Gasteiger partial charge is 0.496 e. The van der Waals surface area contributed by atoms with Gasteiger partial charge in [-0.25, -0.2) is 9.18 Å². The molecular weight excluding hydrogens is 417 g/mol. The van der Waals surface area contributed by atoms with Crippen molar-refractivity contribution >= 4 is 11.7 Å². The average Bonchev–Trinajstić information content (AvgIpc) is 2.83. The number of methoxy groups -OCH3 is 1. The average molecular weight is 448 g/mol. The summed E-state index contributed by atoms with van der Waals surface area (Å²) in [6.07, 6.45) is 1.75. The lowest BCUT2D eigenvalue weighted by atomic mass is 10.0. The van der Waals surface area contributed by atoms with E-state index in [0.717, 1.165) is 49.4 Å². The molecule has 0 aromatic heterocycles. The maximum absolute atomic E-state index is 13.7. The van der Waals surface area contributed by atoms with Crippen molar-refractivity contribution in [3.8, 4) is 16.9 Å². The van der Waals surface area contributed by atoms with Gasteiger partial charge in [0.15, 0.2) is 0 Å². The monoisotopic (exact) mass is 447 g/mol. The Bertz CT molecular complexity index is 1110. The van der Waals surface area contributed by atoms with Gasteiger partial charge in [0, 0.05) is 36.9 Å². The van der Waals surface area contributed by atoms with Gasteiger partial charge in [0.2, 0.25) is 0 Å². The maximum Gasteiger partial charge on any atom is 0.319 e. The number of urea groups is 1. The molecule has 0 atom stereocenters. The number of hydrogen-bond donors (Lipinski definition) is 2. The second kappa shape index (κ2) is 10.5. The van der Waals surface area contributed by atoms with E-state index < -0.39 is 0 Å². The zero-order valence-corrected chi connectivity index (χ0v) is 19.1. The van der Waals surface area contributed by atoms with E-state index in [1.54, 1.807) is 26.2 Å². The fourth-order valence-corrected chi connectivity index (χ4v) is 4.24. The normalized spacial score (nSPS) is 14.6. The van der Waals surface area contributed by atoms with Crippen molar-refractivity contribution in [3.05, 3.63) is 83.7 Å². The molecule has 33 heavy (non-hydrogen) atoms. The van der Waals surface area contributed by atoms with Crippen LogP contribution in [0.3, 0.4) is 0 Å². The Kier molecular flexibility index (Phi) is 7.25. The minimum atomic E-state index is -0.323. The van der Waals surface area contributed by atoms with Gasteiger partial charge in [-0.2, -0.15) is 0 Å². The Morgan fingerprint density at radius 1 is 1.06 bits per heavy atom. The number of nitrogens with one attached hydrogen (secondary N) is 2. The Hall–Kier alpha value is -3.38. The molecule has 1 aliphatic heterocycles. The fourth-order valence-electron chi connectivity index (χ4n) is 4.24. The lowest BCUT2D eigenvalue weighted by molar-refractivity contribution is 0.190. The fraction of sp³-hybridized carbons (Fsp3) is 0.296. The summed E-state index contributed by atoms with van der Waals surface area (Å²) in [5.41, 5.74) is 4.50. The van der Waals surface area contributed by atoms with Crippen LogP contribution in [0.15, 0.2) is 66.7 Å². The number of rotatable bonds is 6. The lowest BCUT2D eigenvalue weighted by Crippen LogP contribution is -2.45. The third kappa shape index (κ3) is 5.90. The van der Waals surface area contributed by atoms with Gasteiger partial charge in [0.05, 0.1) is 7.11 Å². The number of nitrogens with zero attached hydrogens (tertiary/aromatic N) is 1. The van der Waals surface area contributed by atoms with Crippen molar-refractivity contribution in [2.45, 2.75) is 32.4 Å². The van der Waals surface area contributed by atoms with E-state index in [0.29, 0.717) is 11.3 Å². The molecule has 1 heterocycles. The smallest absolute Gasteiger partial charge is 0.319 e. The van der Waals surface area contributed by atoms with E-state index in [9.17, 15) is 9.18 Å². The van der Waals surface area contributed by atoms with Crippen LogP contribution in [-0.2, 0) is 6.54 Å². The Labute approximate surface area is 194 Å². The molecule has 1 fully saturated rings. The summed E-state index contributed by atoms with van der Waals surface area (Å²) in [7, 11) is 1.69. The molecule has 1 saturated heterocycles. The van der Waals surface area contributed by atoms with Gasteiger partial charge >= 0.3 is 6.03 Å². The number of hydrogen-bond acceptors (Lipinski definition) is 3. The van der Waals surface area contributed by atoms with Gasteiger partial charge in [-0.3, -0.25) is 4.90 Å². The molecule has 4 rings (SSSR count). The first-order chi connectivity index (χ1) is 16.0. The number of benzene rings is 3. The molecule has 0 radical (unpaired) electrons. The number of likely N-dealkylation sites (tertiary alicyclic amines) is 1. The van der Waals surface area contributed by atoms with Crippen molar-refractivity contribution in [2.75, 3.05) is 25.5 Å². The third-order valence-corrected chi connectivity index (χ3v) is 6.10. The number of halogens is 1. The highest BCUT2D eigenvalue weighted by atomic mass is 19.1. The van der Waals surface area contributed by atoms with Crippen molar-refractivity contribution in [1.82, 2.24) is 10.2 Å². The molecular formula is C27H30FN3O2. The van der Waals surface area contributed by atoms with Crippen molar-refractivity contribution in [1.29, 1.82) is 0 Å². The van der Waals surface area contributed by atoms with Gasteiger partial charge in [-0.1, -0.05) is 42.5 Å². The first-order valence-electron chi connectivity index (χ1n) is 11.3. The molecule has 0 aliphatic carbocycles. The van der Waals surface area contributed by atoms with E-state index in [1.165, 1.54) is 11.6 Å². The minimum absolute atomic E-state index is 0.108. The second-order valence-corrected chi connectivity index (χ2v) is 8.51. The number of ether oxygens (including phenoxy) is 1.